The van der Waals surface area contributed by atoms with Gasteiger partial charge in [-0.3, -0.25) is 37.3 Å². The van der Waals surface area contributed by atoms with Crippen LogP contribution in [-0.2, 0) is 65.4 Å². The average molecular weight is 1490 g/mol. The van der Waals surface area contributed by atoms with Crippen LogP contribution in [0.1, 0.15) is 440 Å². The van der Waals surface area contributed by atoms with E-state index >= 15 is 0 Å². The van der Waals surface area contributed by atoms with E-state index in [1.165, 1.54) is 257 Å². The Kier molecular flexibility index (Phi) is 73.1. The van der Waals surface area contributed by atoms with Crippen LogP contribution in [0.2, 0.25) is 0 Å². The summed E-state index contributed by atoms with van der Waals surface area (Å²) in [5, 5.41) is 10.7. The first-order chi connectivity index (χ1) is 49.4. The molecule has 0 amide bonds. The largest absolute Gasteiger partial charge is 0.472 e. The number of phosphoric ester groups is 2. The van der Waals surface area contributed by atoms with Crippen molar-refractivity contribution in [3.05, 3.63) is 0 Å². The number of aliphatic hydroxyl groups is 1. The Bertz CT molecular complexity index is 1960. The molecule has 0 aliphatic heterocycles. The van der Waals surface area contributed by atoms with Crippen LogP contribution < -0.4 is 0 Å². The van der Waals surface area contributed by atoms with Gasteiger partial charge >= 0.3 is 39.5 Å². The molecule has 606 valence electrons. The van der Waals surface area contributed by atoms with Gasteiger partial charge in [-0.05, 0) is 37.5 Å². The quantitative estimate of drug-likeness (QED) is 0.0222. The molecule has 0 aromatic heterocycles. The van der Waals surface area contributed by atoms with Crippen LogP contribution in [-0.4, -0.2) is 96.7 Å². The number of carbonyl (C=O) groups is 4. The Hall–Kier alpha value is -1.94. The van der Waals surface area contributed by atoms with Crippen molar-refractivity contribution in [1.82, 2.24) is 0 Å². The molecule has 0 heterocycles. The second kappa shape index (κ2) is 74.5. The first kappa shape index (κ1) is 100. The maximum atomic E-state index is 13.1. The zero-order chi connectivity index (χ0) is 74.9. The highest BCUT2D eigenvalue weighted by Gasteiger charge is 2.30. The molecule has 0 aliphatic carbocycles. The molecule has 0 radical (unpaired) electrons. The molecule has 3 unspecified atom stereocenters. The van der Waals surface area contributed by atoms with E-state index in [0.717, 1.165) is 102 Å². The molecule has 0 fully saturated rings. The molecule has 0 saturated carbocycles. The topological polar surface area (TPSA) is 237 Å². The SMILES string of the molecule is CCCCCCCCCCCCCCCCCCCCCCC(=O)O[C@H](COC(=O)CCCCCCCCCCCCCCCCCCC)COP(=O)(O)OC[C@@H](O)COP(=O)(O)OC[C@@H](COC(=O)CCCCCCCCCCC(C)CC)OC(=O)CCCCCCCCCCCCC(C)C. The van der Waals surface area contributed by atoms with E-state index in [4.69, 9.17) is 37.0 Å². The summed E-state index contributed by atoms with van der Waals surface area (Å²) in [7, 11) is -9.92. The number of hydrogen-bond acceptors (Lipinski definition) is 15. The summed E-state index contributed by atoms with van der Waals surface area (Å²) in [5.74, 6) is -0.577. The van der Waals surface area contributed by atoms with Crippen molar-refractivity contribution >= 4 is 39.5 Å². The third-order valence-electron chi connectivity index (χ3n) is 19.8. The zero-order valence-electron chi connectivity index (χ0n) is 66.9. The fraction of sp³-hybridized carbons (Fsp3) is 0.952. The number of hydrogen-bond donors (Lipinski definition) is 3. The van der Waals surface area contributed by atoms with E-state index in [1.807, 2.05) is 0 Å². The first-order valence-corrected chi connectivity index (χ1v) is 46.0. The molecule has 19 heteroatoms. The lowest BCUT2D eigenvalue weighted by Gasteiger charge is -2.21. The third-order valence-corrected chi connectivity index (χ3v) is 21.7. The van der Waals surface area contributed by atoms with Crippen molar-refractivity contribution in [3.8, 4) is 0 Å². The average Bonchev–Trinajstić information content (AvgIpc) is 0.916. The van der Waals surface area contributed by atoms with Crippen LogP contribution >= 0.6 is 15.6 Å². The molecular formula is C83H162O17P2. The molecule has 3 N–H and O–H groups in total. The smallest absolute Gasteiger partial charge is 0.462 e. The maximum absolute atomic E-state index is 13.1. The van der Waals surface area contributed by atoms with Crippen molar-refractivity contribution in [2.75, 3.05) is 39.6 Å². The summed E-state index contributed by atoms with van der Waals surface area (Å²) < 4.78 is 68.8. The van der Waals surface area contributed by atoms with Crippen molar-refractivity contribution in [3.63, 3.8) is 0 Å². The van der Waals surface area contributed by atoms with E-state index < -0.39 is 97.5 Å². The van der Waals surface area contributed by atoms with Crippen LogP contribution in [0.4, 0.5) is 0 Å². The van der Waals surface area contributed by atoms with Crippen LogP contribution in [0.15, 0.2) is 0 Å². The second-order valence-corrected chi connectivity index (χ2v) is 33.5. The molecule has 0 aromatic rings. The number of aliphatic hydroxyl groups excluding tert-OH is 1. The number of ether oxygens (including phenoxy) is 4. The summed E-state index contributed by atoms with van der Waals surface area (Å²) in [4.78, 5) is 73.1. The van der Waals surface area contributed by atoms with Gasteiger partial charge < -0.3 is 33.8 Å². The lowest BCUT2D eigenvalue weighted by atomic mass is 9.99. The summed E-state index contributed by atoms with van der Waals surface area (Å²) in [6.45, 7) is 9.64. The molecule has 0 rings (SSSR count). The lowest BCUT2D eigenvalue weighted by Crippen LogP contribution is -2.30. The van der Waals surface area contributed by atoms with Crippen molar-refractivity contribution in [2.24, 2.45) is 11.8 Å². The molecule has 0 aliphatic rings. The van der Waals surface area contributed by atoms with E-state index in [0.29, 0.717) is 25.7 Å². The molecule has 0 saturated heterocycles. The molecule has 6 atom stereocenters. The minimum atomic E-state index is -4.96. The Morgan fingerprint density at radius 3 is 0.745 bits per heavy atom. The van der Waals surface area contributed by atoms with Crippen LogP contribution in [0.25, 0.3) is 0 Å². The number of esters is 4. The monoisotopic (exact) mass is 1490 g/mol. The molecule has 102 heavy (non-hydrogen) atoms. The van der Waals surface area contributed by atoms with Gasteiger partial charge in [0.15, 0.2) is 12.2 Å². The maximum Gasteiger partial charge on any atom is 0.472 e. The fourth-order valence-electron chi connectivity index (χ4n) is 12.9. The molecule has 0 spiro atoms. The van der Waals surface area contributed by atoms with Crippen LogP contribution in [0.5, 0.6) is 0 Å². The summed E-state index contributed by atoms with van der Waals surface area (Å²) in [6.07, 6.45) is 65.2. The normalized spacial score (nSPS) is 14.1. The van der Waals surface area contributed by atoms with Crippen molar-refractivity contribution in [1.29, 1.82) is 0 Å². The number of rotatable bonds is 82. The molecule has 0 bridgehead atoms. The molecular weight excluding hydrogens is 1330 g/mol. The standard InChI is InChI=1S/C83H162O17P2/c1-7-10-12-14-16-18-20-22-24-26-27-28-30-32-34-36-41-49-55-61-67-82(87)99-78(71-93-80(85)65-59-53-47-40-35-33-31-29-25-23-21-19-17-15-13-11-8-2)73-97-101(89,90)95-69-77(84)70-96-102(91,92)98-74-79(72-94-81(86)66-60-54-48-44-43-46-52-58-64-76(6)9-3)100-83(88)68-62-56-50-42-38-37-39-45-51-57-63-75(4)5/h75-79,84H,7-74H2,1-6H3,(H,89,90)(H,91,92)/t76?,77-,78-,79-/m1/s1. The van der Waals surface area contributed by atoms with Gasteiger partial charge in [-0.1, -0.05) is 388 Å². The van der Waals surface area contributed by atoms with Gasteiger partial charge in [0.05, 0.1) is 26.4 Å². The van der Waals surface area contributed by atoms with E-state index in [9.17, 15) is 43.2 Å². The van der Waals surface area contributed by atoms with Crippen LogP contribution in [0.3, 0.4) is 0 Å². The fourth-order valence-corrected chi connectivity index (χ4v) is 14.4. The Balaban J connectivity index is 5.25. The lowest BCUT2D eigenvalue weighted by molar-refractivity contribution is -0.161. The third kappa shape index (κ3) is 74.9. The van der Waals surface area contributed by atoms with Crippen molar-refractivity contribution < 1.29 is 80.2 Å². The van der Waals surface area contributed by atoms with Gasteiger partial charge in [-0.15, -0.1) is 0 Å². The van der Waals surface area contributed by atoms with Gasteiger partial charge in [0.1, 0.15) is 19.3 Å². The van der Waals surface area contributed by atoms with Gasteiger partial charge in [0.25, 0.3) is 0 Å². The Labute approximate surface area is 626 Å². The highest BCUT2D eigenvalue weighted by atomic mass is 31.2. The Morgan fingerprint density at radius 1 is 0.284 bits per heavy atom. The van der Waals surface area contributed by atoms with Crippen LogP contribution in [0, 0.1) is 11.8 Å². The minimum absolute atomic E-state index is 0.106. The van der Waals surface area contributed by atoms with Gasteiger partial charge in [0, 0.05) is 25.7 Å². The first-order valence-electron chi connectivity index (χ1n) is 43.0. The predicted octanol–water partition coefficient (Wildman–Crippen LogP) is 25.1. The summed E-state index contributed by atoms with van der Waals surface area (Å²) in [6, 6.07) is 0. The number of phosphoric acid groups is 2. The Morgan fingerprint density at radius 2 is 0.500 bits per heavy atom. The number of carbonyl (C=O) groups excluding carboxylic acids is 4. The second-order valence-electron chi connectivity index (χ2n) is 30.6. The molecule has 0 aromatic carbocycles. The highest BCUT2D eigenvalue weighted by molar-refractivity contribution is 7.47. The predicted molar refractivity (Wildman–Crippen MR) is 418 cm³/mol. The van der Waals surface area contributed by atoms with E-state index in [-0.39, 0.29) is 25.7 Å². The zero-order valence-corrected chi connectivity index (χ0v) is 68.7. The van der Waals surface area contributed by atoms with Gasteiger partial charge in [-0.2, -0.15) is 0 Å². The van der Waals surface area contributed by atoms with E-state index in [2.05, 4.69) is 41.5 Å². The van der Waals surface area contributed by atoms with Gasteiger partial charge in [-0.25, -0.2) is 9.13 Å². The highest BCUT2D eigenvalue weighted by Crippen LogP contribution is 2.45. The molecule has 17 nitrogen and oxygen atoms in total. The minimum Gasteiger partial charge on any atom is -0.462 e. The number of unbranched alkanes of at least 4 members (excludes halogenated alkanes) is 51. The summed E-state index contributed by atoms with van der Waals surface area (Å²) >= 11 is 0. The summed E-state index contributed by atoms with van der Waals surface area (Å²) in [5.41, 5.74) is 0. The van der Waals surface area contributed by atoms with E-state index in [1.54, 1.807) is 0 Å². The van der Waals surface area contributed by atoms with Crippen molar-refractivity contribution in [2.45, 2.75) is 458 Å². The van der Waals surface area contributed by atoms with Gasteiger partial charge in [0.2, 0.25) is 0 Å².